The zero-order chi connectivity index (χ0) is 14.5. The molecule has 3 rings (SSSR count). The molecule has 1 N–H and O–H groups in total. The third-order valence-electron chi connectivity index (χ3n) is 3.20. The first-order valence-electron chi connectivity index (χ1n) is 6.77. The molecule has 0 aliphatic heterocycles. The zero-order valence-electron chi connectivity index (χ0n) is 11.8. The number of rotatable bonds is 4. The highest BCUT2D eigenvalue weighted by Crippen LogP contribution is 2.17. The van der Waals surface area contributed by atoms with Crippen molar-refractivity contribution in [2.75, 3.05) is 5.43 Å². The van der Waals surface area contributed by atoms with Gasteiger partial charge in [-0.25, -0.2) is 10.4 Å². The minimum atomic E-state index is 0.723. The van der Waals surface area contributed by atoms with E-state index in [1.807, 2.05) is 78.4 Å². The first-order valence-corrected chi connectivity index (χ1v) is 6.77. The fourth-order valence-electron chi connectivity index (χ4n) is 2.10. The van der Waals surface area contributed by atoms with Gasteiger partial charge in [0.2, 0.25) is 5.95 Å². The summed E-state index contributed by atoms with van der Waals surface area (Å²) >= 11 is 0. The van der Waals surface area contributed by atoms with Crippen molar-refractivity contribution in [2.45, 2.75) is 0 Å². The van der Waals surface area contributed by atoms with Crippen molar-refractivity contribution in [2.24, 2.45) is 12.1 Å². The van der Waals surface area contributed by atoms with E-state index in [2.05, 4.69) is 15.5 Å². The van der Waals surface area contributed by atoms with Gasteiger partial charge in [0.05, 0.1) is 11.0 Å². The maximum atomic E-state index is 4.48. The van der Waals surface area contributed by atoms with Crippen molar-refractivity contribution in [1.82, 2.24) is 9.55 Å². The largest absolute Gasteiger partial charge is 0.312 e. The van der Waals surface area contributed by atoms with Crippen molar-refractivity contribution in [3.63, 3.8) is 0 Å². The van der Waals surface area contributed by atoms with Crippen LogP contribution in [0.2, 0.25) is 0 Å². The number of nitrogens with one attached hydrogen (secondary N) is 1. The zero-order valence-corrected chi connectivity index (χ0v) is 11.8. The van der Waals surface area contributed by atoms with Crippen molar-refractivity contribution >= 4 is 29.3 Å². The predicted octanol–water partition coefficient (Wildman–Crippen LogP) is 3.68. The Balaban J connectivity index is 1.68. The lowest BCUT2D eigenvalue weighted by atomic mass is 10.2. The Morgan fingerprint density at radius 3 is 2.62 bits per heavy atom. The van der Waals surface area contributed by atoms with E-state index in [4.69, 9.17) is 0 Å². The summed E-state index contributed by atoms with van der Waals surface area (Å²) < 4.78 is 1.98. The molecule has 0 amide bonds. The molecule has 0 radical (unpaired) electrons. The van der Waals surface area contributed by atoms with E-state index < -0.39 is 0 Å². The Bertz CT molecular complexity index is 785. The van der Waals surface area contributed by atoms with E-state index in [1.54, 1.807) is 6.21 Å². The maximum Gasteiger partial charge on any atom is 0.224 e. The number of imidazole rings is 1. The average Bonchev–Trinajstić information content (AvgIpc) is 2.85. The molecule has 1 heterocycles. The number of benzene rings is 2. The Morgan fingerprint density at radius 1 is 1.05 bits per heavy atom. The van der Waals surface area contributed by atoms with Gasteiger partial charge in [0.1, 0.15) is 0 Å². The van der Waals surface area contributed by atoms with Crippen LogP contribution in [0.4, 0.5) is 5.95 Å². The van der Waals surface area contributed by atoms with E-state index >= 15 is 0 Å². The molecule has 0 aliphatic carbocycles. The Hall–Kier alpha value is -2.88. The summed E-state index contributed by atoms with van der Waals surface area (Å²) in [6, 6.07) is 18.1. The van der Waals surface area contributed by atoms with Crippen LogP contribution in [0.5, 0.6) is 0 Å². The van der Waals surface area contributed by atoms with Crippen LogP contribution in [0.25, 0.3) is 17.1 Å². The summed E-state index contributed by atoms with van der Waals surface area (Å²) in [7, 11) is 1.97. The molecular formula is C17H16N4. The van der Waals surface area contributed by atoms with Crippen molar-refractivity contribution in [3.05, 3.63) is 66.2 Å². The second kappa shape index (κ2) is 6.05. The summed E-state index contributed by atoms with van der Waals surface area (Å²) in [4.78, 5) is 4.48. The Morgan fingerprint density at radius 2 is 1.81 bits per heavy atom. The van der Waals surface area contributed by atoms with Gasteiger partial charge in [-0.3, -0.25) is 0 Å². The summed E-state index contributed by atoms with van der Waals surface area (Å²) in [5.41, 5.74) is 6.14. The molecule has 0 spiro atoms. The summed E-state index contributed by atoms with van der Waals surface area (Å²) in [6.07, 6.45) is 5.61. The van der Waals surface area contributed by atoms with Crippen LogP contribution in [0, 0.1) is 0 Å². The fourth-order valence-corrected chi connectivity index (χ4v) is 2.10. The molecule has 2 aromatic carbocycles. The van der Waals surface area contributed by atoms with Gasteiger partial charge < -0.3 is 4.57 Å². The molecule has 104 valence electrons. The van der Waals surface area contributed by atoms with Gasteiger partial charge >= 0.3 is 0 Å². The quantitative estimate of drug-likeness (QED) is 0.583. The molecule has 0 unspecified atom stereocenters. The number of hydrogen-bond acceptors (Lipinski definition) is 3. The third-order valence-corrected chi connectivity index (χ3v) is 3.20. The lowest BCUT2D eigenvalue weighted by molar-refractivity contribution is 0.943. The van der Waals surface area contributed by atoms with Crippen LogP contribution in [-0.2, 0) is 7.05 Å². The lowest BCUT2D eigenvalue weighted by Crippen LogP contribution is -1.97. The standard InChI is InChI=1S/C17H16N4/c1-21-16-12-6-5-11-15(16)19-17(21)20-18-13-7-10-14-8-3-2-4-9-14/h2-13H,1H3,(H,19,20)/b10-7+,18-13-. The maximum absolute atomic E-state index is 4.48. The number of hydrogen-bond donors (Lipinski definition) is 1. The van der Waals surface area contributed by atoms with Crippen molar-refractivity contribution in [1.29, 1.82) is 0 Å². The van der Waals surface area contributed by atoms with Gasteiger partial charge in [0.15, 0.2) is 0 Å². The first-order chi connectivity index (χ1) is 10.3. The normalized spacial score (nSPS) is 11.7. The summed E-state index contributed by atoms with van der Waals surface area (Å²) in [6.45, 7) is 0. The molecule has 0 fully saturated rings. The fraction of sp³-hybridized carbons (Fsp3) is 0.0588. The molecule has 1 aromatic heterocycles. The van der Waals surface area contributed by atoms with E-state index in [0.29, 0.717) is 0 Å². The molecule has 4 nitrogen and oxygen atoms in total. The number of fused-ring (bicyclic) bond motifs is 1. The monoisotopic (exact) mass is 276 g/mol. The smallest absolute Gasteiger partial charge is 0.224 e. The molecule has 21 heavy (non-hydrogen) atoms. The van der Waals surface area contributed by atoms with Gasteiger partial charge in [0.25, 0.3) is 0 Å². The summed E-state index contributed by atoms with van der Waals surface area (Å²) in [5, 5.41) is 4.17. The SMILES string of the molecule is Cn1c(N/N=C\C=C\c2ccccc2)nc2ccccc21. The number of allylic oxidation sites excluding steroid dienone is 1. The van der Waals surface area contributed by atoms with Crippen molar-refractivity contribution in [3.8, 4) is 0 Å². The first kappa shape index (κ1) is 13.1. The Labute approximate surface area is 123 Å². The van der Waals surface area contributed by atoms with E-state index in [1.165, 1.54) is 0 Å². The predicted molar refractivity (Wildman–Crippen MR) is 88.3 cm³/mol. The number of hydrazone groups is 1. The van der Waals surface area contributed by atoms with Crippen LogP contribution in [0.1, 0.15) is 5.56 Å². The molecule has 0 saturated heterocycles. The molecule has 0 aliphatic rings. The molecular weight excluding hydrogens is 260 g/mol. The average molecular weight is 276 g/mol. The van der Waals surface area contributed by atoms with Gasteiger partial charge in [-0.2, -0.15) is 5.10 Å². The van der Waals surface area contributed by atoms with Gasteiger partial charge in [0, 0.05) is 13.3 Å². The molecule has 3 aromatic rings. The number of anilines is 1. The van der Waals surface area contributed by atoms with E-state index in [9.17, 15) is 0 Å². The van der Waals surface area contributed by atoms with Gasteiger partial charge in [-0.05, 0) is 23.8 Å². The van der Waals surface area contributed by atoms with E-state index in [0.717, 1.165) is 22.5 Å². The highest BCUT2D eigenvalue weighted by Gasteiger charge is 2.04. The highest BCUT2D eigenvalue weighted by atomic mass is 15.4. The summed E-state index contributed by atoms with van der Waals surface area (Å²) in [5.74, 6) is 0.723. The molecule has 0 atom stereocenters. The molecule has 0 saturated carbocycles. The minimum absolute atomic E-state index is 0.723. The van der Waals surface area contributed by atoms with Crippen LogP contribution < -0.4 is 5.43 Å². The van der Waals surface area contributed by atoms with E-state index in [-0.39, 0.29) is 0 Å². The number of aromatic nitrogens is 2. The molecule has 0 bridgehead atoms. The molecule has 4 heteroatoms. The van der Waals surface area contributed by atoms with Crippen LogP contribution >= 0.6 is 0 Å². The van der Waals surface area contributed by atoms with Gasteiger partial charge in [-0.1, -0.05) is 48.5 Å². The Kier molecular flexibility index (Phi) is 3.78. The second-order valence-electron chi connectivity index (χ2n) is 4.64. The third kappa shape index (κ3) is 3.00. The number of para-hydroxylation sites is 2. The lowest BCUT2D eigenvalue weighted by Gasteiger charge is -1.99. The highest BCUT2D eigenvalue weighted by molar-refractivity contribution is 5.80. The second-order valence-corrected chi connectivity index (χ2v) is 4.64. The van der Waals surface area contributed by atoms with Gasteiger partial charge in [-0.15, -0.1) is 0 Å². The van der Waals surface area contributed by atoms with Crippen LogP contribution in [0.15, 0.2) is 65.8 Å². The van der Waals surface area contributed by atoms with Crippen LogP contribution in [-0.4, -0.2) is 15.8 Å². The number of nitrogens with zero attached hydrogens (tertiary/aromatic N) is 3. The van der Waals surface area contributed by atoms with Crippen molar-refractivity contribution < 1.29 is 0 Å². The number of aryl methyl sites for hydroxylation is 1. The van der Waals surface area contributed by atoms with Crippen LogP contribution in [0.3, 0.4) is 0 Å². The topological polar surface area (TPSA) is 42.2 Å². The minimum Gasteiger partial charge on any atom is -0.312 e.